The lowest BCUT2D eigenvalue weighted by molar-refractivity contribution is 0.351. The first kappa shape index (κ1) is 8.68. The van der Waals surface area contributed by atoms with E-state index in [2.05, 4.69) is 9.88 Å². The predicted octanol–water partition coefficient (Wildman–Crippen LogP) is 1.47. The molecule has 0 fully saturated rings. The van der Waals surface area contributed by atoms with E-state index in [-0.39, 0.29) is 5.43 Å². The Morgan fingerprint density at radius 1 is 1.27 bits per heavy atom. The second-order valence-electron chi connectivity index (χ2n) is 4.13. The number of benzene rings is 1. The first-order valence-corrected chi connectivity index (χ1v) is 5.07. The van der Waals surface area contributed by atoms with Gasteiger partial charge < -0.3 is 4.98 Å². The van der Waals surface area contributed by atoms with E-state index in [1.807, 2.05) is 31.3 Å². The van der Waals surface area contributed by atoms with Crippen molar-refractivity contribution >= 4 is 10.9 Å². The minimum Gasteiger partial charge on any atom is -0.357 e. The lowest BCUT2D eigenvalue weighted by Crippen LogP contribution is -2.12. The predicted molar refractivity (Wildman–Crippen MR) is 59.7 cm³/mol. The molecule has 3 rings (SSSR count). The second kappa shape index (κ2) is 2.94. The summed E-state index contributed by atoms with van der Waals surface area (Å²) in [6.45, 7) is 1.60. The number of aromatic nitrogens is 1. The summed E-state index contributed by atoms with van der Waals surface area (Å²) in [4.78, 5) is 17.6. The Labute approximate surface area is 87.3 Å². The van der Waals surface area contributed by atoms with E-state index in [0.29, 0.717) is 0 Å². The minimum atomic E-state index is 0.184. The molecule has 1 aliphatic rings. The molecule has 76 valence electrons. The standard InChI is InChI=1S/C12H12N2O/c1-14-6-9-11(7-14)13-10-5-3-2-4-8(10)12(9)15/h2-5H,6-7H2,1H3,(H,13,15). The van der Waals surface area contributed by atoms with Gasteiger partial charge >= 0.3 is 0 Å². The van der Waals surface area contributed by atoms with Crippen molar-refractivity contribution in [3.8, 4) is 0 Å². The Morgan fingerprint density at radius 3 is 2.93 bits per heavy atom. The lowest BCUT2D eigenvalue weighted by Gasteiger charge is -2.02. The van der Waals surface area contributed by atoms with Crippen LogP contribution < -0.4 is 5.43 Å². The van der Waals surface area contributed by atoms with Crippen LogP contribution in [0.25, 0.3) is 10.9 Å². The highest BCUT2D eigenvalue weighted by Crippen LogP contribution is 2.19. The van der Waals surface area contributed by atoms with Gasteiger partial charge in [0.25, 0.3) is 0 Å². The van der Waals surface area contributed by atoms with Gasteiger partial charge in [-0.15, -0.1) is 0 Å². The third-order valence-corrected chi connectivity index (χ3v) is 2.95. The molecule has 1 aromatic carbocycles. The SMILES string of the molecule is CN1Cc2[nH]c3ccccc3c(=O)c2C1. The van der Waals surface area contributed by atoms with Crippen LogP contribution in [0.1, 0.15) is 11.3 Å². The first-order valence-electron chi connectivity index (χ1n) is 5.07. The van der Waals surface area contributed by atoms with Crippen molar-refractivity contribution in [2.45, 2.75) is 13.1 Å². The smallest absolute Gasteiger partial charge is 0.194 e. The number of H-pyrrole nitrogens is 1. The number of hydrogen-bond donors (Lipinski definition) is 1. The van der Waals surface area contributed by atoms with Crippen molar-refractivity contribution in [3.63, 3.8) is 0 Å². The van der Waals surface area contributed by atoms with E-state index >= 15 is 0 Å². The molecule has 3 heteroatoms. The van der Waals surface area contributed by atoms with Crippen LogP contribution in [0.3, 0.4) is 0 Å². The van der Waals surface area contributed by atoms with Gasteiger partial charge in [-0.05, 0) is 19.2 Å². The quantitative estimate of drug-likeness (QED) is 0.699. The third kappa shape index (κ3) is 1.20. The highest BCUT2D eigenvalue weighted by atomic mass is 16.1. The normalized spacial score (nSPS) is 15.8. The Bertz CT molecular complexity index is 586. The maximum atomic E-state index is 12.1. The number of nitrogens with zero attached hydrogens (tertiary/aromatic N) is 1. The van der Waals surface area contributed by atoms with Gasteiger partial charge in [0.1, 0.15) is 0 Å². The molecule has 1 N–H and O–H groups in total. The van der Waals surface area contributed by atoms with E-state index in [1.165, 1.54) is 0 Å². The molecule has 0 spiro atoms. The number of rotatable bonds is 0. The number of hydrogen-bond acceptors (Lipinski definition) is 2. The van der Waals surface area contributed by atoms with Gasteiger partial charge in [0.2, 0.25) is 0 Å². The lowest BCUT2D eigenvalue weighted by atomic mass is 10.1. The summed E-state index contributed by atoms with van der Waals surface area (Å²) < 4.78 is 0. The molecule has 1 aliphatic heterocycles. The summed E-state index contributed by atoms with van der Waals surface area (Å²) in [7, 11) is 2.03. The Balaban J connectivity index is 2.40. The molecule has 0 radical (unpaired) electrons. The Hall–Kier alpha value is -1.61. The van der Waals surface area contributed by atoms with Crippen LogP contribution in [0, 0.1) is 0 Å². The molecule has 0 bridgehead atoms. The summed E-state index contributed by atoms with van der Waals surface area (Å²) in [6.07, 6.45) is 0. The van der Waals surface area contributed by atoms with E-state index in [0.717, 1.165) is 35.2 Å². The zero-order valence-electron chi connectivity index (χ0n) is 8.58. The molecule has 0 amide bonds. The molecular weight excluding hydrogens is 188 g/mol. The van der Waals surface area contributed by atoms with Crippen LogP contribution >= 0.6 is 0 Å². The van der Waals surface area contributed by atoms with E-state index in [9.17, 15) is 4.79 Å². The van der Waals surface area contributed by atoms with Crippen molar-refractivity contribution in [3.05, 3.63) is 45.7 Å². The van der Waals surface area contributed by atoms with Gasteiger partial charge in [0.15, 0.2) is 5.43 Å². The van der Waals surface area contributed by atoms with Crippen molar-refractivity contribution in [2.24, 2.45) is 0 Å². The van der Waals surface area contributed by atoms with Crippen LogP contribution in [0.2, 0.25) is 0 Å². The van der Waals surface area contributed by atoms with Gasteiger partial charge in [-0.2, -0.15) is 0 Å². The molecule has 0 saturated heterocycles. The summed E-state index contributed by atoms with van der Waals surface area (Å²) in [5.41, 5.74) is 3.12. The Morgan fingerprint density at radius 2 is 2.07 bits per heavy atom. The second-order valence-corrected chi connectivity index (χ2v) is 4.13. The van der Waals surface area contributed by atoms with E-state index < -0.39 is 0 Å². The van der Waals surface area contributed by atoms with Crippen LogP contribution in [-0.2, 0) is 13.1 Å². The molecule has 3 nitrogen and oxygen atoms in total. The van der Waals surface area contributed by atoms with Crippen molar-refractivity contribution in [2.75, 3.05) is 7.05 Å². The molecule has 2 aromatic rings. The van der Waals surface area contributed by atoms with Crippen LogP contribution in [0.4, 0.5) is 0 Å². The number of aromatic amines is 1. The monoisotopic (exact) mass is 200 g/mol. The largest absolute Gasteiger partial charge is 0.357 e. The fourth-order valence-electron chi connectivity index (χ4n) is 2.23. The fraction of sp³-hybridized carbons (Fsp3) is 0.250. The molecule has 2 heterocycles. The fourth-order valence-corrected chi connectivity index (χ4v) is 2.23. The van der Waals surface area contributed by atoms with Crippen LogP contribution in [0.5, 0.6) is 0 Å². The molecule has 15 heavy (non-hydrogen) atoms. The zero-order chi connectivity index (χ0) is 10.4. The van der Waals surface area contributed by atoms with Gasteiger partial charge in [-0.1, -0.05) is 12.1 Å². The average molecular weight is 200 g/mol. The number of nitrogens with one attached hydrogen (secondary N) is 1. The highest BCUT2D eigenvalue weighted by molar-refractivity contribution is 5.79. The summed E-state index contributed by atoms with van der Waals surface area (Å²) >= 11 is 0. The maximum absolute atomic E-state index is 12.1. The van der Waals surface area contributed by atoms with Crippen molar-refractivity contribution in [1.82, 2.24) is 9.88 Å². The number of pyridine rings is 1. The molecular formula is C12H12N2O. The number of fused-ring (bicyclic) bond motifs is 2. The van der Waals surface area contributed by atoms with Gasteiger partial charge in [0, 0.05) is 35.2 Å². The third-order valence-electron chi connectivity index (χ3n) is 2.95. The highest BCUT2D eigenvalue weighted by Gasteiger charge is 2.20. The average Bonchev–Trinajstić information content (AvgIpc) is 2.59. The van der Waals surface area contributed by atoms with Gasteiger partial charge in [0.05, 0.1) is 0 Å². The van der Waals surface area contributed by atoms with Gasteiger partial charge in [-0.25, -0.2) is 0 Å². The molecule has 0 aliphatic carbocycles. The van der Waals surface area contributed by atoms with Crippen LogP contribution in [-0.4, -0.2) is 16.9 Å². The summed E-state index contributed by atoms with van der Waals surface area (Å²) in [5.74, 6) is 0. The zero-order valence-corrected chi connectivity index (χ0v) is 8.58. The van der Waals surface area contributed by atoms with Crippen LogP contribution in [0.15, 0.2) is 29.1 Å². The Kier molecular flexibility index (Phi) is 1.70. The molecule has 0 atom stereocenters. The molecule has 0 saturated carbocycles. The topological polar surface area (TPSA) is 36.1 Å². The summed E-state index contributed by atoms with van der Waals surface area (Å²) in [5, 5.41) is 0.798. The first-order chi connectivity index (χ1) is 7.25. The summed E-state index contributed by atoms with van der Waals surface area (Å²) in [6, 6.07) is 7.69. The van der Waals surface area contributed by atoms with Crippen molar-refractivity contribution in [1.29, 1.82) is 0 Å². The van der Waals surface area contributed by atoms with Crippen molar-refractivity contribution < 1.29 is 0 Å². The van der Waals surface area contributed by atoms with E-state index in [4.69, 9.17) is 0 Å². The van der Waals surface area contributed by atoms with E-state index in [1.54, 1.807) is 0 Å². The molecule has 0 unspecified atom stereocenters. The number of para-hydroxylation sites is 1. The molecule has 1 aromatic heterocycles. The minimum absolute atomic E-state index is 0.184. The maximum Gasteiger partial charge on any atom is 0.194 e. The van der Waals surface area contributed by atoms with Gasteiger partial charge in [-0.3, -0.25) is 9.69 Å².